The molecule has 2 heteroatoms. The number of hydrogen-bond acceptors (Lipinski definition) is 1. The van der Waals surface area contributed by atoms with Crippen molar-refractivity contribution in [2.45, 2.75) is 13.3 Å². The van der Waals surface area contributed by atoms with E-state index in [1.165, 1.54) is 0 Å². The second kappa shape index (κ2) is 7.29. The SMILES string of the molecule is CCCNC(=O)/C=C/c1ccccc1-c1ccccc1. The van der Waals surface area contributed by atoms with E-state index in [0.717, 1.165) is 23.1 Å². The molecule has 1 amide bonds. The third-order valence-corrected chi connectivity index (χ3v) is 3.01. The third kappa shape index (κ3) is 3.82. The summed E-state index contributed by atoms with van der Waals surface area (Å²) in [5.41, 5.74) is 3.33. The summed E-state index contributed by atoms with van der Waals surface area (Å²) in [4.78, 5) is 11.6. The number of rotatable bonds is 5. The van der Waals surface area contributed by atoms with Gasteiger partial charge in [0.1, 0.15) is 0 Å². The molecular weight excluding hydrogens is 246 g/mol. The van der Waals surface area contributed by atoms with Gasteiger partial charge in [-0.3, -0.25) is 4.79 Å². The monoisotopic (exact) mass is 265 g/mol. The van der Waals surface area contributed by atoms with Crippen LogP contribution in [0.15, 0.2) is 60.7 Å². The van der Waals surface area contributed by atoms with Gasteiger partial charge in [0.05, 0.1) is 0 Å². The van der Waals surface area contributed by atoms with E-state index in [-0.39, 0.29) is 5.91 Å². The standard InChI is InChI=1S/C18H19NO/c1-2-14-19-18(20)13-12-16-10-6-7-11-17(16)15-8-4-3-5-9-15/h3-13H,2,14H2,1H3,(H,19,20)/b13-12+. The second-order valence-corrected chi connectivity index (χ2v) is 4.58. The highest BCUT2D eigenvalue weighted by molar-refractivity contribution is 5.93. The van der Waals surface area contributed by atoms with Crippen molar-refractivity contribution in [3.63, 3.8) is 0 Å². The number of benzene rings is 2. The van der Waals surface area contributed by atoms with Crippen LogP contribution >= 0.6 is 0 Å². The van der Waals surface area contributed by atoms with Crippen LogP contribution in [0.1, 0.15) is 18.9 Å². The molecule has 2 nitrogen and oxygen atoms in total. The molecule has 0 aliphatic heterocycles. The molecule has 1 N–H and O–H groups in total. The minimum atomic E-state index is -0.0466. The molecule has 0 aliphatic carbocycles. The number of carbonyl (C=O) groups is 1. The van der Waals surface area contributed by atoms with Gasteiger partial charge in [-0.05, 0) is 29.2 Å². The van der Waals surface area contributed by atoms with Gasteiger partial charge in [-0.2, -0.15) is 0 Å². The van der Waals surface area contributed by atoms with Crippen molar-refractivity contribution in [1.82, 2.24) is 5.32 Å². The first-order valence-electron chi connectivity index (χ1n) is 6.91. The fraction of sp³-hybridized carbons (Fsp3) is 0.167. The number of nitrogens with one attached hydrogen (secondary N) is 1. The maximum absolute atomic E-state index is 11.6. The highest BCUT2D eigenvalue weighted by Gasteiger charge is 2.01. The molecular formula is C18H19NO. The Hall–Kier alpha value is -2.35. The van der Waals surface area contributed by atoms with Gasteiger partial charge < -0.3 is 5.32 Å². The van der Waals surface area contributed by atoms with E-state index in [1.807, 2.05) is 49.4 Å². The first-order valence-corrected chi connectivity index (χ1v) is 6.91. The topological polar surface area (TPSA) is 29.1 Å². The minimum absolute atomic E-state index is 0.0466. The summed E-state index contributed by atoms with van der Waals surface area (Å²) in [6, 6.07) is 18.3. The largest absolute Gasteiger partial charge is 0.353 e. The van der Waals surface area contributed by atoms with Crippen LogP contribution in [0.5, 0.6) is 0 Å². The maximum Gasteiger partial charge on any atom is 0.243 e. The fourth-order valence-electron chi connectivity index (χ4n) is 2.00. The van der Waals surface area contributed by atoms with Crippen LogP contribution in [-0.4, -0.2) is 12.5 Å². The van der Waals surface area contributed by atoms with Gasteiger partial charge in [0.25, 0.3) is 0 Å². The van der Waals surface area contributed by atoms with E-state index < -0.39 is 0 Å². The zero-order valence-corrected chi connectivity index (χ0v) is 11.7. The highest BCUT2D eigenvalue weighted by Crippen LogP contribution is 2.24. The second-order valence-electron chi connectivity index (χ2n) is 4.58. The molecule has 0 fully saturated rings. The van der Waals surface area contributed by atoms with Crippen LogP contribution < -0.4 is 5.32 Å². The summed E-state index contributed by atoms with van der Waals surface area (Å²) in [5.74, 6) is -0.0466. The molecule has 0 unspecified atom stereocenters. The van der Waals surface area contributed by atoms with Gasteiger partial charge in [0, 0.05) is 12.6 Å². The third-order valence-electron chi connectivity index (χ3n) is 3.01. The van der Waals surface area contributed by atoms with Crippen molar-refractivity contribution >= 4 is 12.0 Å². The molecule has 0 radical (unpaired) electrons. The van der Waals surface area contributed by atoms with Crippen molar-refractivity contribution in [3.8, 4) is 11.1 Å². The molecule has 2 aromatic rings. The van der Waals surface area contributed by atoms with Crippen molar-refractivity contribution in [2.24, 2.45) is 0 Å². The lowest BCUT2D eigenvalue weighted by molar-refractivity contribution is -0.116. The summed E-state index contributed by atoms with van der Waals surface area (Å²) in [7, 11) is 0. The summed E-state index contributed by atoms with van der Waals surface area (Å²) in [5, 5.41) is 2.84. The molecule has 2 aromatic carbocycles. The molecule has 0 bridgehead atoms. The van der Waals surface area contributed by atoms with Gasteiger partial charge in [0.2, 0.25) is 5.91 Å². The summed E-state index contributed by atoms with van der Waals surface area (Å²) < 4.78 is 0. The Bertz CT molecular complexity index is 587. The predicted octanol–water partition coefficient (Wildman–Crippen LogP) is 3.89. The quantitative estimate of drug-likeness (QED) is 0.816. The molecule has 20 heavy (non-hydrogen) atoms. The summed E-state index contributed by atoms with van der Waals surface area (Å²) in [6.07, 6.45) is 4.41. The molecule has 0 saturated heterocycles. The van der Waals surface area contributed by atoms with E-state index in [1.54, 1.807) is 6.08 Å². The molecule has 0 aromatic heterocycles. The lowest BCUT2D eigenvalue weighted by atomic mass is 9.99. The molecule has 2 rings (SSSR count). The van der Waals surface area contributed by atoms with Crippen molar-refractivity contribution < 1.29 is 4.79 Å². The Balaban J connectivity index is 2.21. The van der Waals surface area contributed by atoms with Gasteiger partial charge in [-0.1, -0.05) is 61.5 Å². The van der Waals surface area contributed by atoms with E-state index in [4.69, 9.17) is 0 Å². The lowest BCUT2D eigenvalue weighted by Crippen LogP contribution is -2.21. The van der Waals surface area contributed by atoms with Crippen molar-refractivity contribution in [1.29, 1.82) is 0 Å². The van der Waals surface area contributed by atoms with E-state index in [2.05, 4.69) is 23.5 Å². The summed E-state index contributed by atoms with van der Waals surface area (Å²) in [6.45, 7) is 2.75. The van der Waals surface area contributed by atoms with Crippen LogP contribution in [0.2, 0.25) is 0 Å². The first-order chi connectivity index (χ1) is 9.81. The van der Waals surface area contributed by atoms with E-state index in [0.29, 0.717) is 6.54 Å². The fourth-order valence-corrected chi connectivity index (χ4v) is 2.00. The Morgan fingerprint density at radius 1 is 1.05 bits per heavy atom. The molecule has 0 atom stereocenters. The number of hydrogen-bond donors (Lipinski definition) is 1. The zero-order valence-electron chi connectivity index (χ0n) is 11.7. The van der Waals surface area contributed by atoms with E-state index >= 15 is 0 Å². The molecule has 0 spiro atoms. The molecule has 0 heterocycles. The predicted molar refractivity (Wildman–Crippen MR) is 84.2 cm³/mol. The Kier molecular flexibility index (Phi) is 5.13. The average Bonchev–Trinajstić information content (AvgIpc) is 2.52. The summed E-state index contributed by atoms with van der Waals surface area (Å²) >= 11 is 0. The normalized spacial score (nSPS) is 10.7. The Morgan fingerprint density at radius 3 is 2.50 bits per heavy atom. The average molecular weight is 265 g/mol. The van der Waals surface area contributed by atoms with Gasteiger partial charge >= 0.3 is 0 Å². The van der Waals surface area contributed by atoms with Gasteiger partial charge in [-0.25, -0.2) is 0 Å². The number of amides is 1. The van der Waals surface area contributed by atoms with Crippen LogP contribution in [-0.2, 0) is 4.79 Å². The van der Waals surface area contributed by atoms with Crippen molar-refractivity contribution in [2.75, 3.05) is 6.54 Å². The molecule has 0 aliphatic rings. The van der Waals surface area contributed by atoms with E-state index in [9.17, 15) is 4.79 Å². The van der Waals surface area contributed by atoms with Crippen LogP contribution in [0.3, 0.4) is 0 Å². The highest BCUT2D eigenvalue weighted by atomic mass is 16.1. The van der Waals surface area contributed by atoms with Crippen molar-refractivity contribution in [3.05, 3.63) is 66.2 Å². The number of carbonyl (C=O) groups excluding carboxylic acids is 1. The zero-order chi connectivity index (χ0) is 14.2. The van der Waals surface area contributed by atoms with Crippen LogP contribution in [0.4, 0.5) is 0 Å². The van der Waals surface area contributed by atoms with Crippen LogP contribution in [0.25, 0.3) is 17.2 Å². The Morgan fingerprint density at radius 2 is 1.75 bits per heavy atom. The van der Waals surface area contributed by atoms with Crippen LogP contribution in [0, 0.1) is 0 Å². The van der Waals surface area contributed by atoms with Gasteiger partial charge in [-0.15, -0.1) is 0 Å². The minimum Gasteiger partial charge on any atom is -0.353 e. The van der Waals surface area contributed by atoms with Gasteiger partial charge in [0.15, 0.2) is 0 Å². The molecule has 102 valence electrons. The smallest absolute Gasteiger partial charge is 0.243 e. The maximum atomic E-state index is 11.6. The first kappa shape index (κ1) is 14.1. The molecule has 0 saturated carbocycles. The lowest BCUT2D eigenvalue weighted by Gasteiger charge is -2.06. The Labute approximate surface area is 120 Å².